The molecule has 0 bridgehead atoms. The Morgan fingerprint density at radius 2 is 2.21 bits per heavy atom. The van der Waals surface area contributed by atoms with Gasteiger partial charge in [0.25, 0.3) is 0 Å². The number of ether oxygens (including phenoxy) is 1. The van der Waals surface area contributed by atoms with Gasteiger partial charge in [-0.15, -0.1) is 0 Å². The van der Waals surface area contributed by atoms with Crippen LogP contribution in [0, 0.1) is 5.92 Å². The van der Waals surface area contributed by atoms with Crippen LogP contribution in [0.3, 0.4) is 0 Å². The SMILES string of the molecule is COc1cccc(CN(C)C(=O)C(C)(N)C2CC2)c1. The standard InChI is InChI=1S/C15H22N2O2/c1-15(16,12-7-8-12)14(18)17(2)10-11-5-4-6-13(9-11)19-3/h4-6,9,12H,7-8,10,16H2,1-3H3. The lowest BCUT2D eigenvalue weighted by atomic mass is 9.95. The van der Waals surface area contributed by atoms with Gasteiger partial charge in [-0.2, -0.15) is 0 Å². The molecule has 0 aromatic heterocycles. The van der Waals surface area contributed by atoms with Crippen LogP contribution in [0.1, 0.15) is 25.3 Å². The molecule has 4 nitrogen and oxygen atoms in total. The summed E-state index contributed by atoms with van der Waals surface area (Å²) in [6.45, 7) is 2.39. The van der Waals surface area contributed by atoms with Crippen molar-refractivity contribution in [1.82, 2.24) is 4.90 Å². The molecule has 104 valence electrons. The maximum atomic E-state index is 12.4. The smallest absolute Gasteiger partial charge is 0.242 e. The fraction of sp³-hybridized carbons (Fsp3) is 0.533. The van der Waals surface area contributed by atoms with Gasteiger partial charge in [0.15, 0.2) is 0 Å². The molecule has 2 rings (SSSR count). The van der Waals surface area contributed by atoms with Gasteiger partial charge in [0.2, 0.25) is 5.91 Å². The zero-order chi connectivity index (χ0) is 14.0. The van der Waals surface area contributed by atoms with E-state index in [4.69, 9.17) is 10.5 Å². The highest BCUT2D eigenvalue weighted by Gasteiger charge is 2.45. The van der Waals surface area contributed by atoms with Gasteiger partial charge in [0, 0.05) is 13.6 Å². The normalized spacial score (nSPS) is 17.7. The molecule has 1 aliphatic carbocycles. The number of rotatable bonds is 5. The summed E-state index contributed by atoms with van der Waals surface area (Å²) in [6.07, 6.45) is 2.12. The predicted octanol–water partition coefficient (Wildman–Crippen LogP) is 1.78. The van der Waals surface area contributed by atoms with Crippen LogP contribution < -0.4 is 10.5 Å². The number of amides is 1. The minimum absolute atomic E-state index is 0.0119. The maximum Gasteiger partial charge on any atom is 0.242 e. The molecule has 19 heavy (non-hydrogen) atoms. The van der Waals surface area contributed by atoms with Crippen LogP contribution in [0.4, 0.5) is 0 Å². The number of likely N-dealkylation sites (N-methyl/N-ethyl adjacent to an activating group) is 1. The molecule has 1 fully saturated rings. The lowest BCUT2D eigenvalue weighted by Gasteiger charge is -2.29. The highest BCUT2D eigenvalue weighted by molar-refractivity contribution is 5.86. The lowest BCUT2D eigenvalue weighted by molar-refractivity contribution is -0.136. The van der Waals surface area contributed by atoms with Gasteiger partial charge in [-0.3, -0.25) is 4.79 Å². The third kappa shape index (κ3) is 3.07. The Bertz CT molecular complexity index is 467. The highest BCUT2D eigenvalue weighted by atomic mass is 16.5. The molecular weight excluding hydrogens is 240 g/mol. The molecule has 0 saturated heterocycles. The zero-order valence-electron chi connectivity index (χ0n) is 11.8. The summed E-state index contributed by atoms with van der Waals surface area (Å²) in [5, 5.41) is 0. The van der Waals surface area contributed by atoms with E-state index in [0.29, 0.717) is 12.5 Å². The van der Waals surface area contributed by atoms with E-state index in [-0.39, 0.29) is 5.91 Å². The van der Waals surface area contributed by atoms with Crippen molar-refractivity contribution in [2.45, 2.75) is 31.8 Å². The molecule has 1 aliphatic rings. The van der Waals surface area contributed by atoms with Crippen molar-refractivity contribution in [2.24, 2.45) is 11.7 Å². The van der Waals surface area contributed by atoms with Crippen molar-refractivity contribution >= 4 is 5.91 Å². The van der Waals surface area contributed by atoms with Gasteiger partial charge in [-0.05, 0) is 43.4 Å². The fourth-order valence-electron chi connectivity index (χ4n) is 2.39. The Hall–Kier alpha value is -1.55. The first-order valence-electron chi connectivity index (χ1n) is 6.62. The Kier molecular flexibility index (Phi) is 3.80. The number of nitrogens with two attached hydrogens (primary N) is 1. The average Bonchev–Trinajstić information content (AvgIpc) is 3.22. The lowest BCUT2D eigenvalue weighted by Crippen LogP contribution is -2.53. The summed E-state index contributed by atoms with van der Waals surface area (Å²) in [5.74, 6) is 1.15. The molecule has 0 spiro atoms. The summed E-state index contributed by atoms with van der Waals surface area (Å²) in [5.41, 5.74) is 6.48. The van der Waals surface area contributed by atoms with Crippen LogP contribution in [-0.4, -0.2) is 30.5 Å². The van der Waals surface area contributed by atoms with E-state index in [1.807, 2.05) is 31.2 Å². The van der Waals surface area contributed by atoms with Crippen LogP contribution in [-0.2, 0) is 11.3 Å². The average molecular weight is 262 g/mol. The van der Waals surface area contributed by atoms with Crippen molar-refractivity contribution in [3.63, 3.8) is 0 Å². The molecular formula is C15H22N2O2. The number of benzene rings is 1. The topological polar surface area (TPSA) is 55.6 Å². The summed E-state index contributed by atoms with van der Waals surface area (Å²) < 4.78 is 5.18. The van der Waals surface area contributed by atoms with Crippen molar-refractivity contribution in [3.05, 3.63) is 29.8 Å². The van der Waals surface area contributed by atoms with Crippen molar-refractivity contribution < 1.29 is 9.53 Å². The van der Waals surface area contributed by atoms with E-state index in [1.165, 1.54) is 0 Å². The molecule has 0 aliphatic heterocycles. The van der Waals surface area contributed by atoms with E-state index < -0.39 is 5.54 Å². The molecule has 1 aromatic carbocycles. The highest BCUT2D eigenvalue weighted by Crippen LogP contribution is 2.39. The van der Waals surface area contributed by atoms with E-state index in [9.17, 15) is 4.79 Å². The van der Waals surface area contributed by atoms with Crippen LogP contribution in [0.5, 0.6) is 5.75 Å². The van der Waals surface area contributed by atoms with Crippen LogP contribution in [0.2, 0.25) is 0 Å². The first-order chi connectivity index (χ1) is 8.95. The zero-order valence-corrected chi connectivity index (χ0v) is 11.8. The largest absolute Gasteiger partial charge is 0.497 e. The number of carbonyl (C=O) groups excluding carboxylic acids is 1. The van der Waals surface area contributed by atoms with Gasteiger partial charge in [0.05, 0.1) is 12.6 Å². The van der Waals surface area contributed by atoms with Crippen LogP contribution in [0.25, 0.3) is 0 Å². The van der Waals surface area contributed by atoms with Crippen molar-refractivity contribution in [3.8, 4) is 5.75 Å². The Labute approximate surface area is 114 Å². The third-order valence-electron chi connectivity index (χ3n) is 3.79. The van der Waals surface area contributed by atoms with E-state index in [1.54, 1.807) is 19.1 Å². The van der Waals surface area contributed by atoms with Crippen LogP contribution in [0.15, 0.2) is 24.3 Å². The van der Waals surface area contributed by atoms with Crippen molar-refractivity contribution in [2.75, 3.05) is 14.2 Å². The van der Waals surface area contributed by atoms with E-state index in [2.05, 4.69) is 0 Å². The second-order valence-electron chi connectivity index (χ2n) is 5.57. The molecule has 4 heteroatoms. The van der Waals surface area contributed by atoms with E-state index in [0.717, 1.165) is 24.2 Å². The van der Waals surface area contributed by atoms with Gasteiger partial charge >= 0.3 is 0 Å². The number of hydrogen-bond acceptors (Lipinski definition) is 3. The first-order valence-corrected chi connectivity index (χ1v) is 6.62. The molecule has 1 atom stereocenters. The predicted molar refractivity (Wildman–Crippen MR) is 74.8 cm³/mol. The summed E-state index contributed by atoms with van der Waals surface area (Å²) >= 11 is 0. The Morgan fingerprint density at radius 3 is 2.79 bits per heavy atom. The van der Waals surface area contributed by atoms with Gasteiger partial charge < -0.3 is 15.4 Å². The number of carbonyl (C=O) groups is 1. The number of nitrogens with zero attached hydrogens (tertiary/aromatic N) is 1. The molecule has 0 heterocycles. The summed E-state index contributed by atoms with van der Waals surface area (Å²) in [7, 11) is 3.44. The number of methoxy groups -OCH3 is 1. The molecule has 1 aromatic rings. The van der Waals surface area contributed by atoms with E-state index >= 15 is 0 Å². The molecule has 2 N–H and O–H groups in total. The Morgan fingerprint density at radius 1 is 1.53 bits per heavy atom. The molecule has 1 amide bonds. The Balaban J connectivity index is 2.03. The van der Waals surface area contributed by atoms with Gasteiger partial charge in [-0.25, -0.2) is 0 Å². The molecule has 1 unspecified atom stereocenters. The fourth-order valence-corrected chi connectivity index (χ4v) is 2.39. The summed E-state index contributed by atoms with van der Waals surface area (Å²) in [4.78, 5) is 14.1. The van der Waals surface area contributed by atoms with Gasteiger partial charge in [-0.1, -0.05) is 12.1 Å². The molecule has 1 saturated carbocycles. The van der Waals surface area contributed by atoms with Crippen molar-refractivity contribution in [1.29, 1.82) is 0 Å². The maximum absolute atomic E-state index is 12.4. The monoisotopic (exact) mass is 262 g/mol. The molecule has 0 radical (unpaired) electrons. The number of hydrogen-bond donors (Lipinski definition) is 1. The quantitative estimate of drug-likeness (QED) is 0.880. The first kappa shape index (κ1) is 13.9. The van der Waals surface area contributed by atoms with Crippen LogP contribution >= 0.6 is 0 Å². The minimum Gasteiger partial charge on any atom is -0.497 e. The third-order valence-corrected chi connectivity index (χ3v) is 3.79. The second-order valence-corrected chi connectivity index (χ2v) is 5.57. The van der Waals surface area contributed by atoms with Gasteiger partial charge in [0.1, 0.15) is 5.75 Å². The minimum atomic E-state index is -0.729. The second kappa shape index (κ2) is 5.21. The summed E-state index contributed by atoms with van der Waals surface area (Å²) in [6, 6.07) is 7.74.